The summed E-state index contributed by atoms with van der Waals surface area (Å²) in [6.45, 7) is 3.35. The van der Waals surface area contributed by atoms with Crippen LogP contribution in [0.4, 0.5) is 0 Å². The monoisotopic (exact) mass is 193 g/mol. The van der Waals surface area contributed by atoms with Crippen molar-refractivity contribution in [2.45, 2.75) is 33.2 Å². The van der Waals surface area contributed by atoms with Crippen molar-refractivity contribution >= 4 is 0 Å². The molecule has 0 N–H and O–H groups in total. The fraction of sp³-hybridized carbons (Fsp3) is 1.00. The number of nitrogens with zero attached hydrogens (tertiary/aromatic N) is 1. The van der Waals surface area contributed by atoms with E-state index >= 15 is 0 Å². The number of ether oxygens (including phenoxy) is 2. The second-order valence-corrected chi connectivity index (χ2v) is 2.36. The third-order valence-corrected chi connectivity index (χ3v) is 1.09. The summed E-state index contributed by atoms with van der Waals surface area (Å²) < 4.78 is 9.84. The van der Waals surface area contributed by atoms with Gasteiger partial charge in [-0.15, -0.1) is 10.1 Å². The van der Waals surface area contributed by atoms with Gasteiger partial charge in [0.1, 0.15) is 0 Å². The van der Waals surface area contributed by atoms with Crippen molar-refractivity contribution in [3.8, 4) is 0 Å². The molecule has 0 aliphatic rings. The lowest BCUT2D eigenvalue weighted by Gasteiger charge is -2.14. The molecule has 0 aromatic rings. The van der Waals surface area contributed by atoms with Crippen molar-refractivity contribution in [3.63, 3.8) is 0 Å². The van der Waals surface area contributed by atoms with Crippen LogP contribution in [0, 0.1) is 10.1 Å². The molecule has 0 bridgehead atoms. The molecule has 6 nitrogen and oxygen atoms in total. The van der Waals surface area contributed by atoms with Gasteiger partial charge in [-0.05, 0) is 12.8 Å². The summed E-state index contributed by atoms with van der Waals surface area (Å²) in [6.07, 6.45) is 1.51. The summed E-state index contributed by atoms with van der Waals surface area (Å²) in [5.74, 6) is 0. The van der Waals surface area contributed by atoms with E-state index in [0.717, 1.165) is 12.8 Å². The largest absolute Gasteiger partial charge is 0.331 e. The van der Waals surface area contributed by atoms with Gasteiger partial charge in [-0.25, -0.2) is 0 Å². The standard InChI is InChI=1S/C7H15NO5/c1-3-5-11-7(12-6-4-2)13-8(9)10/h7H,3-6H2,1-2H3. The summed E-state index contributed by atoms with van der Waals surface area (Å²) >= 11 is 0. The SMILES string of the molecule is CCCOC(OCCC)O[N+](=O)[O-]. The zero-order valence-electron chi connectivity index (χ0n) is 7.89. The topological polar surface area (TPSA) is 70.8 Å². The van der Waals surface area contributed by atoms with Crippen molar-refractivity contribution < 1.29 is 19.4 Å². The molecule has 0 spiro atoms. The Balaban J connectivity index is 3.66. The second kappa shape index (κ2) is 7.75. The van der Waals surface area contributed by atoms with Crippen LogP contribution in [0.15, 0.2) is 0 Å². The van der Waals surface area contributed by atoms with E-state index in [0.29, 0.717) is 13.2 Å². The summed E-state index contributed by atoms with van der Waals surface area (Å²) in [5, 5.41) is 9.04. The van der Waals surface area contributed by atoms with Crippen LogP contribution in [0.2, 0.25) is 0 Å². The quantitative estimate of drug-likeness (QED) is 0.330. The van der Waals surface area contributed by atoms with E-state index in [-0.39, 0.29) is 0 Å². The minimum absolute atomic E-state index is 0.377. The van der Waals surface area contributed by atoms with Crippen LogP contribution in [0.3, 0.4) is 0 Å². The van der Waals surface area contributed by atoms with Gasteiger partial charge < -0.3 is 9.47 Å². The summed E-state index contributed by atoms with van der Waals surface area (Å²) in [6, 6.07) is 0. The highest BCUT2D eigenvalue weighted by Crippen LogP contribution is 1.99. The molecule has 13 heavy (non-hydrogen) atoms. The second-order valence-electron chi connectivity index (χ2n) is 2.36. The Morgan fingerprint density at radius 2 is 1.69 bits per heavy atom. The van der Waals surface area contributed by atoms with Gasteiger partial charge in [0.15, 0.2) is 0 Å². The summed E-state index contributed by atoms with van der Waals surface area (Å²) in [7, 11) is 0. The van der Waals surface area contributed by atoms with Crippen molar-refractivity contribution in [3.05, 3.63) is 10.1 Å². The van der Waals surface area contributed by atoms with Gasteiger partial charge >= 0.3 is 6.48 Å². The molecule has 78 valence electrons. The number of rotatable bonds is 8. The zero-order chi connectivity index (χ0) is 10.1. The Bertz CT molecular complexity index is 133. The molecule has 0 atom stereocenters. The van der Waals surface area contributed by atoms with Crippen molar-refractivity contribution in [1.82, 2.24) is 0 Å². The summed E-state index contributed by atoms with van der Waals surface area (Å²) in [5.41, 5.74) is 0. The van der Waals surface area contributed by atoms with E-state index in [1.807, 2.05) is 13.8 Å². The van der Waals surface area contributed by atoms with E-state index in [1.54, 1.807) is 0 Å². The lowest BCUT2D eigenvalue weighted by atomic mass is 10.5. The predicted molar refractivity (Wildman–Crippen MR) is 44.4 cm³/mol. The van der Waals surface area contributed by atoms with E-state index in [1.165, 1.54) is 0 Å². The average Bonchev–Trinajstić information content (AvgIpc) is 2.09. The van der Waals surface area contributed by atoms with E-state index in [9.17, 15) is 10.1 Å². The van der Waals surface area contributed by atoms with Gasteiger partial charge in [0.05, 0.1) is 13.2 Å². The third-order valence-electron chi connectivity index (χ3n) is 1.09. The number of hydrogen-bond acceptors (Lipinski definition) is 5. The molecule has 0 fully saturated rings. The molecule has 0 aromatic heterocycles. The van der Waals surface area contributed by atoms with Crippen molar-refractivity contribution in [1.29, 1.82) is 0 Å². The Morgan fingerprint density at radius 1 is 1.23 bits per heavy atom. The van der Waals surface area contributed by atoms with Crippen LogP contribution >= 0.6 is 0 Å². The first-order valence-corrected chi connectivity index (χ1v) is 4.25. The zero-order valence-corrected chi connectivity index (χ0v) is 7.89. The van der Waals surface area contributed by atoms with Gasteiger partial charge in [-0.1, -0.05) is 13.8 Å². The number of hydrogen-bond donors (Lipinski definition) is 0. The highest BCUT2D eigenvalue weighted by molar-refractivity contribution is 4.27. The fourth-order valence-corrected chi connectivity index (χ4v) is 0.607. The fourth-order valence-electron chi connectivity index (χ4n) is 0.607. The Kier molecular flexibility index (Phi) is 7.23. The van der Waals surface area contributed by atoms with Gasteiger partial charge in [0.2, 0.25) is 0 Å². The Labute approximate surface area is 76.9 Å². The normalized spacial score (nSPS) is 10.4. The minimum atomic E-state index is -1.19. The molecule has 6 heteroatoms. The molecule has 0 unspecified atom stereocenters. The smallest absolute Gasteiger partial charge is 0.314 e. The lowest BCUT2D eigenvalue weighted by Crippen LogP contribution is -2.24. The maximum atomic E-state index is 9.96. The van der Waals surface area contributed by atoms with E-state index in [4.69, 9.17) is 9.47 Å². The van der Waals surface area contributed by atoms with Crippen molar-refractivity contribution in [2.75, 3.05) is 13.2 Å². The predicted octanol–water partition coefficient (Wildman–Crippen LogP) is 1.33. The first-order valence-electron chi connectivity index (χ1n) is 4.25. The molecule has 0 rings (SSSR count). The molecule has 0 heterocycles. The molecule has 0 aromatic carbocycles. The molecular weight excluding hydrogens is 178 g/mol. The van der Waals surface area contributed by atoms with E-state index < -0.39 is 11.6 Å². The first-order chi connectivity index (χ1) is 6.20. The Morgan fingerprint density at radius 3 is 2.00 bits per heavy atom. The summed E-state index contributed by atoms with van der Waals surface area (Å²) in [4.78, 5) is 14.1. The molecule has 0 radical (unpaired) electrons. The van der Waals surface area contributed by atoms with Gasteiger partial charge in [0.25, 0.3) is 5.09 Å². The molecule has 0 aliphatic carbocycles. The van der Waals surface area contributed by atoms with Gasteiger partial charge in [-0.3, -0.25) is 4.84 Å². The highest BCUT2D eigenvalue weighted by Gasteiger charge is 2.12. The third kappa shape index (κ3) is 7.48. The van der Waals surface area contributed by atoms with Gasteiger partial charge in [0, 0.05) is 0 Å². The van der Waals surface area contributed by atoms with Crippen LogP contribution in [-0.2, 0) is 14.3 Å². The Hall–Kier alpha value is -0.880. The average molecular weight is 193 g/mol. The molecule has 0 saturated carbocycles. The van der Waals surface area contributed by atoms with Crippen LogP contribution in [0.25, 0.3) is 0 Å². The minimum Gasteiger partial charge on any atom is -0.331 e. The van der Waals surface area contributed by atoms with Crippen LogP contribution < -0.4 is 0 Å². The van der Waals surface area contributed by atoms with Crippen LogP contribution in [0.5, 0.6) is 0 Å². The first kappa shape index (κ1) is 12.1. The van der Waals surface area contributed by atoms with Crippen molar-refractivity contribution in [2.24, 2.45) is 0 Å². The maximum absolute atomic E-state index is 9.96. The maximum Gasteiger partial charge on any atom is 0.314 e. The molecule has 0 saturated heterocycles. The molecular formula is C7H15NO5. The van der Waals surface area contributed by atoms with Crippen LogP contribution in [0.1, 0.15) is 26.7 Å². The van der Waals surface area contributed by atoms with Gasteiger partial charge in [-0.2, -0.15) is 0 Å². The lowest BCUT2D eigenvalue weighted by molar-refractivity contribution is -0.795. The highest BCUT2D eigenvalue weighted by atomic mass is 17.0. The van der Waals surface area contributed by atoms with E-state index in [2.05, 4.69) is 4.84 Å². The van der Waals surface area contributed by atoms with Crippen LogP contribution in [-0.4, -0.2) is 24.8 Å². The molecule has 0 aliphatic heterocycles. The molecule has 0 amide bonds.